The molecule has 0 radical (unpaired) electrons. The third-order valence-corrected chi connectivity index (χ3v) is 9.63. The van der Waals surface area contributed by atoms with Crippen molar-refractivity contribution in [1.82, 2.24) is 30.9 Å². The predicted molar refractivity (Wildman–Crippen MR) is 216 cm³/mol. The molecule has 4 rings (SSSR count). The molecule has 1 unspecified atom stereocenters. The van der Waals surface area contributed by atoms with E-state index in [2.05, 4.69) is 54.0 Å². The Hall–Kier alpha value is -4.33. The van der Waals surface area contributed by atoms with Gasteiger partial charge in [-0.3, -0.25) is 9.59 Å². The molecule has 3 N–H and O–H groups in total. The lowest BCUT2D eigenvalue weighted by Gasteiger charge is -2.29. The van der Waals surface area contributed by atoms with Crippen LogP contribution in [-0.2, 0) is 36.9 Å². The van der Waals surface area contributed by atoms with E-state index in [0.717, 1.165) is 41.6 Å². The van der Waals surface area contributed by atoms with Crippen LogP contribution in [0.2, 0.25) is 0 Å². The van der Waals surface area contributed by atoms with E-state index in [1.54, 1.807) is 16.7 Å². The minimum absolute atomic E-state index is 0.0765. The van der Waals surface area contributed by atoms with Crippen LogP contribution in [0.25, 0.3) is 22.5 Å². The maximum atomic E-state index is 13.9. The van der Waals surface area contributed by atoms with Gasteiger partial charge in [-0.2, -0.15) is 0 Å². The molecule has 3 amide bonds. The van der Waals surface area contributed by atoms with Crippen molar-refractivity contribution in [2.75, 3.05) is 38.3 Å². The number of methoxy groups -OCH3 is 1. The molecule has 55 heavy (non-hydrogen) atoms. The van der Waals surface area contributed by atoms with Gasteiger partial charge in [0.15, 0.2) is 0 Å². The maximum absolute atomic E-state index is 13.9. The molecule has 3 aromatic rings. The Kier molecular flexibility index (Phi) is 15.4. The number of rotatable bonds is 19. The molecule has 0 saturated heterocycles. The lowest BCUT2D eigenvalue weighted by atomic mass is 9.95. The van der Waals surface area contributed by atoms with Gasteiger partial charge in [-0.15, -0.1) is 5.10 Å². The second-order valence-corrected chi connectivity index (χ2v) is 16.6. The Bertz CT molecular complexity index is 1730. The van der Waals surface area contributed by atoms with Crippen LogP contribution in [-0.4, -0.2) is 89.1 Å². The second-order valence-electron chi connectivity index (χ2n) is 16.6. The molecular formula is C42H63N7O6. The van der Waals surface area contributed by atoms with Gasteiger partial charge in [-0.25, -0.2) is 9.48 Å². The van der Waals surface area contributed by atoms with Crippen LogP contribution in [0.4, 0.5) is 10.5 Å². The number of aromatic nitrogens is 3. The van der Waals surface area contributed by atoms with Gasteiger partial charge in [0, 0.05) is 49.3 Å². The van der Waals surface area contributed by atoms with E-state index in [1.807, 2.05) is 76.2 Å². The number of carbonyl (C=O) groups excluding carboxylic acids is 3. The van der Waals surface area contributed by atoms with Crippen molar-refractivity contribution in [3.63, 3.8) is 0 Å². The summed E-state index contributed by atoms with van der Waals surface area (Å²) in [6.45, 7) is 18.4. The van der Waals surface area contributed by atoms with Crippen molar-refractivity contribution in [1.29, 1.82) is 0 Å². The number of anilines is 1. The van der Waals surface area contributed by atoms with Gasteiger partial charge in [0.2, 0.25) is 11.8 Å². The normalized spacial score (nSPS) is 13.5. The van der Waals surface area contributed by atoms with Gasteiger partial charge < -0.3 is 35.1 Å². The van der Waals surface area contributed by atoms with Crippen LogP contribution in [0.3, 0.4) is 0 Å². The van der Waals surface area contributed by atoms with Crippen LogP contribution in [0.5, 0.6) is 0 Å². The third-order valence-electron chi connectivity index (χ3n) is 9.63. The van der Waals surface area contributed by atoms with Crippen LogP contribution in [0.15, 0.2) is 48.5 Å². The SMILES string of the molecule is COC(C)(C)CCOC(C)(C)CC(=O)NCCC(=O)N1Cc2ccccc2-c2c(nnn2CCOC(=O)NCCCCC(C)NC(C)(C)C)-c2ccccc21. The monoisotopic (exact) mass is 761 g/mol. The number of nitrogens with zero attached hydrogens (tertiary/aromatic N) is 4. The van der Waals surface area contributed by atoms with E-state index in [9.17, 15) is 14.4 Å². The zero-order valence-corrected chi connectivity index (χ0v) is 34.4. The summed E-state index contributed by atoms with van der Waals surface area (Å²) in [7, 11) is 1.67. The molecule has 2 heterocycles. The summed E-state index contributed by atoms with van der Waals surface area (Å²) in [4.78, 5) is 41.1. The number of hydrogen-bond donors (Lipinski definition) is 3. The van der Waals surface area contributed by atoms with Gasteiger partial charge in [0.1, 0.15) is 12.3 Å². The zero-order valence-electron chi connectivity index (χ0n) is 34.4. The number of amides is 3. The Morgan fingerprint density at radius 3 is 2.31 bits per heavy atom. The summed E-state index contributed by atoms with van der Waals surface area (Å²) < 4.78 is 18.8. The van der Waals surface area contributed by atoms with Crippen molar-refractivity contribution in [3.05, 3.63) is 54.1 Å². The van der Waals surface area contributed by atoms with Gasteiger partial charge in [0.25, 0.3) is 0 Å². The first kappa shape index (κ1) is 43.4. The smallest absolute Gasteiger partial charge is 0.407 e. The summed E-state index contributed by atoms with van der Waals surface area (Å²) >= 11 is 0. The molecule has 1 atom stereocenters. The highest BCUT2D eigenvalue weighted by Gasteiger charge is 2.30. The molecule has 302 valence electrons. The molecule has 1 aliphatic heterocycles. The fourth-order valence-electron chi connectivity index (χ4n) is 6.67. The molecule has 13 nitrogen and oxygen atoms in total. The van der Waals surface area contributed by atoms with Crippen LogP contribution < -0.4 is 20.9 Å². The van der Waals surface area contributed by atoms with E-state index in [0.29, 0.717) is 50.1 Å². The highest BCUT2D eigenvalue weighted by atomic mass is 16.5. The quantitative estimate of drug-likeness (QED) is 0.114. The Morgan fingerprint density at radius 1 is 0.873 bits per heavy atom. The van der Waals surface area contributed by atoms with E-state index in [-0.39, 0.29) is 48.9 Å². The fourth-order valence-corrected chi connectivity index (χ4v) is 6.67. The molecule has 0 bridgehead atoms. The minimum Gasteiger partial charge on any atom is -0.448 e. The number of fused-ring (bicyclic) bond motifs is 5. The number of carbonyl (C=O) groups is 3. The van der Waals surface area contributed by atoms with Crippen LogP contribution >= 0.6 is 0 Å². The summed E-state index contributed by atoms with van der Waals surface area (Å²) in [6, 6.07) is 15.9. The molecule has 13 heteroatoms. The van der Waals surface area contributed by atoms with E-state index in [1.165, 1.54) is 0 Å². The molecule has 0 spiro atoms. The van der Waals surface area contributed by atoms with Crippen molar-refractivity contribution in [2.45, 2.75) is 130 Å². The first-order valence-corrected chi connectivity index (χ1v) is 19.5. The van der Waals surface area contributed by atoms with E-state index in [4.69, 9.17) is 14.2 Å². The van der Waals surface area contributed by atoms with E-state index >= 15 is 0 Å². The Balaban J connectivity index is 1.37. The molecular weight excluding hydrogens is 699 g/mol. The average Bonchev–Trinajstić information content (AvgIpc) is 3.51. The summed E-state index contributed by atoms with van der Waals surface area (Å²) in [5, 5.41) is 18.4. The zero-order chi connectivity index (χ0) is 40.2. The molecule has 1 aromatic heterocycles. The number of unbranched alkanes of at least 4 members (excludes halogenated alkanes) is 1. The third kappa shape index (κ3) is 13.4. The molecule has 0 fully saturated rings. The number of ether oxygens (including phenoxy) is 3. The minimum atomic E-state index is -0.667. The van der Waals surface area contributed by atoms with Gasteiger partial charge >= 0.3 is 6.09 Å². The number of hydrogen-bond acceptors (Lipinski definition) is 9. The van der Waals surface area contributed by atoms with Gasteiger partial charge in [-0.1, -0.05) is 54.1 Å². The van der Waals surface area contributed by atoms with Crippen molar-refractivity contribution >= 4 is 23.6 Å². The van der Waals surface area contributed by atoms with E-state index < -0.39 is 11.7 Å². The maximum Gasteiger partial charge on any atom is 0.407 e. The van der Waals surface area contributed by atoms with Gasteiger partial charge in [-0.05, 0) is 86.3 Å². The topological polar surface area (TPSA) is 149 Å². The Labute approximate surface area is 327 Å². The fraction of sp³-hybridized carbons (Fsp3) is 0.595. The number of nitrogens with one attached hydrogen (secondary N) is 3. The second kappa shape index (κ2) is 19.5. The predicted octanol–water partition coefficient (Wildman–Crippen LogP) is 6.64. The molecule has 0 saturated carbocycles. The summed E-state index contributed by atoms with van der Waals surface area (Å²) in [5.74, 6) is -0.314. The largest absolute Gasteiger partial charge is 0.448 e. The van der Waals surface area contributed by atoms with Crippen LogP contribution in [0.1, 0.15) is 99.5 Å². The summed E-state index contributed by atoms with van der Waals surface area (Å²) in [5.41, 5.74) is 3.79. The molecule has 1 aliphatic rings. The Morgan fingerprint density at radius 2 is 1.58 bits per heavy atom. The number of alkyl carbamates (subject to hydrolysis) is 1. The van der Waals surface area contributed by atoms with Crippen molar-refractivity contribution < 1.29 is 28.6 Å². The highest BCUT2D eigenvalue weighted by Crippen LogP contribution is 2.41. The first-order chi connectivity index (χ1) is 26.0. The lowest BCUT2D eigenvalue weighted by molar-refractivity contribution is -0.128. The average molecular weight is 762 g/mol. The number of para-hydroxylation sites is 1. The standard InChI is InChI=1S/C42H63N7O6/c1-30(45-40(2,3)4)16-14-15-23-44-39(52)54-27-25-49-38-32-18-11-10-17-31(32)29-48(34-20-13-12-19-33(34)37(38)46-47-49)36(51)21-24-43-35(50)28-42(7,8)55-26-22-41(5,6)53-9/h10-13,17-20,30,45H,14-16,21-29H2,1-9H3,(H,43,50)(H,44,52). The van der Waals surface area contributed by atoms with Crippen LogP contribution in [0, 0.1) is 0 Å². The summed E-state index contributed by atoms with van der Waals surface area (Å²) in [6.07, 6.45) is 3.42. The van der Waals surface area contributed by atoms with Gasteiger partial charge in [0.05, 0.1) is 48.7 Å². The van der Waals surface area contributed by atoms with Crippen molar-refractivity contribution in [3.8, 4) is 22.5 Å². The molecule has 2 aromatic carbocycles. The number of benzene rings is 2. The first-order valence-electron chi connectivity index (χ1n) is 19.5. The highest BCUT2D eigenvalue weighted by molar-refractivity contribution is 6.00. The molecule has 0 aliphatic carbocycles. The van der Waals surface area contributed by atoms with Crippen molar-refractivity contribution in [2.24, 2.45) is 0 Å². The lowest BCUT2D eigenvalue weighted by Crippen LogP contribution is -2.42.